The Morgan fingerprint density at radius 1 is 1.27 bits per heavy atom. The molecule has 11 heavy (non-hydrogen) atoms. The highest BCUT2D eigenvalue weighted by molar-refractivity contribution is 5.81. The first-order valence-corrected chi connectivity index (χ1v) is 3.52. The van der Waals surface area contributed by atoms with Crippen LogP contribution in [-0.2, 0) is 7.05 Å². The second-order valence-electron chi connectivity index (χ2n) is 2.62. The van der Waals surface area contributed by atoms with Crippen molar-refractivity contribution in [3.8, 4) is 5.88 Å². The molecule has 0 aliphatic heterocycles. The highest BCUT2D eigenvalue weighted by Crippen LogP contribution is 2.21. The average molecular weight is 147 g/mol. The molecule has 0 atom stereocenters. The Balaban J connectivity index is 2.92. The molecule has 0 aliphatic rings. The van der Waals surface area contributed by atoms with Crippen LogP contribution in [0.2, 0.25) is 0 Å². The lowest BCUT2D eigenvalue weighted by Gasteiger charge is -1.94. The summed E-state index contributed by atoms with van der Waals surface area (Å²) in [6.45, 7) is 0. The molecule has 0 spiro atoms. The summed E-state index contributed by atoms with van der Waals surface area (Å²) in [5, 5.41) is 10.4. The quantitative estimate of drug-likeness (QED) is 0.604. The van der Waals surface area contributed by atoms with E-state index in [1.807, 2.05) is 31.3 Å². The third-order valence-corrected chi connectivity index (χ3v) is 1.93. The van der Waals surface area contributed by atoms with Gasteiger partial charge >= 0.3 is 0 Å². The first kappa shape index (κ1) is 6.28. The monoisotopic (exact) mass is 147 g/mol. The summed E-state index contributed by atoms with van der Waals surface area (Å²) in [5.41, 5.74) is 1.06. The van der Waals surface area contributed by atoms with Crippen LogP contribution in [0.4, 0.5) is 0 Å². The van der Waals surface area contributed by atoms with Gasteiger partial charge in [0.25, 0.3) is 0 Å². The fourth-order valence-corrected chi connectivity index (χ4v) is 1.27. The molecule has 1 aromatic carbocycles. The van der Waals surface area contributed by atoms with Gasteiger partial charge in [-0.2, -0.15) is 0 Å². The zero-order valence-corrected chi connectivity index (χ0v) is 6.28. The van der Waals surface area contributed by atoms with E-state index in [1.54, 1.807) is 10.6 Å². The Morgan fingerprint density at radius 3 is 2.73 bits per heavy atom. The van der Waals surface area contributed by atoms with Gasteiger partial charge in [0.1, 0.15) is 0 Å². The fraction of sp³-hybridized carbons (Fsp3) is 0.111. The number of rotatable bonds is 0. The summed E-state index contributed by atoms with van der Waals surface area (Å²) < 4.78 is 1.76. The van der Waals surface area contributed by atoms with Gasteiger partial charge in [-0.3, -0.25) is 0 Å². The minimum Gasteiger partial charge on any atom is -0.494 e. The molecule has 2 aromatic rings. The van der Waals surface area contributed by atoms with Gasteiger partial charge in [0.2, 0.25) is 0 Å². The molecule has 0 aliphatic carbocycles. The van der Waals surface area contributed by atoms with Gasteiger partial charge in [-0.05, 0) is 6.07 Å². The molecule has 1 heterocycles. The lowest BCUT2D eigenvalue weighted by Crippen LogP contribution is -1.83. The molecule has 56 valence electrons. The normalized spacial score (nSPS) is 10.6. The van der Waals surface area contributed by atoms with Gasteiger partial charge in [0.15, 0.2) is 5.88 Å². The highest BCUT2D eigenvalue weighted by atomic mass is 16.3. The molecule has 2 rings (SSSR count). The highest BCUT2D eigenvalue weighted by Gasteiger charge is 2.00. The number of aryl methyl sites for hydroxylation is 1. The van der Waals surface area contributed by atoms with E-state index in [4.69, 9.17) is 0 Å². The van der Waals surface area contributed by atoms with E-state index in [1.165, 1.54) is 0 Å². The van der Waals surface area contributed by atoms with E-state index in [2.05, 4.69) is 0 Å². The van der Waals surface area contributed by atoms with Gasteiger partial charge in [0, 0.05) is 18.5 Å². The summed E-state index contributed by atoms with van der Waals surface area (Å²) in [5.74, 6) is 0.311. The van der Waals surface area contributed by atoms with Crippen molar-refractivity contribution >= 4 is 10.9 Å². The maximum Gasteiger partial charge on any atom is 0.191 e. The summed E-state index contributed by atoms with van der Waals surface area (Å²) in [6, 6.07) is 9.64. The molecule has 0 unspecified atom stereocenters. The SMILES string of the molecule is Cn1c(O)cc2ccccc21. The van der Waals surface area contributed by atoms with Gasteiger partial charge in [-0.25, -0.2) is 0 Å². The van der Waals surface area contributed by atoms with E-state index in [9.17, 15) is 5.11 Å². The van der Waals surface area contributed by atoms with Crippen LogP contribution in [0, 0.1) is 0 Å². The second-order valence-corrected chi connectivity index (χ2v) is 2.62. The molecule has 0 saturated carbocycles. The van der Waals surface area contributed by atoms with Crippen LogP contribution >= 0.6 is 0 Å². The minimum atomic E-state index is 0.311. The predicted octanol–water partition coefficient (Wildman–Crippen LogP) is 1.88. The predicted molar refractivity (Wildman–Crippen MR) is 44.6 cm³/mol. The first-order valence-electron chi connectivity index (χ1n) is 3.52. The maximum absolute atomic E-state index is 9.31. The summed E-state index contributed by atoms with van der Waals surface area (Å²) >= 11 is 0. The first-order chi connectivity index (χ1) is 5.29. The summed E-state index contributed by atoms with van der Waals surface area (Å²) in [6.07, 6.45) is 0. The second kappa shape index (κ2) is 2.02. The zero-order valence-electron chi connectivity index (χ0n) is 6.28. The van der Waals surface area contributed by atoms with Gasteiger partial charge in [-0.1, -0.05) is 18.2 Å². The van der Waals surface area contributed by atoms with Gasteiger partial charge in [0.05, 0.1) is 5.52 Å². The number of aromatic nitrogens is 1. The smallest absolute Gasteiger partial charge is 0.191 e. The maximum atomic E-state index is 9.31. The van der Waals surface area contributed by atoms with Crippen molar-refractivity contribution in [2.75, 3.05) is 0 Å². The number of fused-ring (bicyclic) bond motifs is 1. The van der Waals surface area contributed by atoms with Crippen LogP contribution in [0.25, 0.3) is 10.9 Å². The molecule has 2 nitrogen and oxygen atoms in total. The van der Waals surface area contributed by atoms with E-state index in [0.29, 0.717) is 5.88 Å². The van der Waals surface area contributed by atoms with Crippen LogP contribution in [0.1, 0.15) is 0 Å². The van der Waals surface area contributed by atoms with E-state index in [-0.39, 0.29) is 0 Å². The molecule has 1 N–H and O–H groups in total. The molecule has 0 radical (unpaired) electrons. The molecule has 1 aromatic heterocycles. The van der Waals surface area contributed by atoms with Gasteiger partial charge in [-0.15, -0.1) is 0 Å². The minimum absolute atomic E-state index is 0.311. The van der Waals surface area contributed by atoms with E-state index in [0.717, 1.165) is 10.9 Å². The molecular formula is C9H9NO. The number of nitrogens with zero attached hydrogens (tertiary/aromatic N) is 1. The molecule has 2 heteroatoms. The summed E-state index contributed by atoms with van der Waals surface area (Å²) in [4.78, 5) is 0. The molecule has 0 fully saturated rings. The molecule has 0 bridgehead atoms. The van der Waals surface area contributed by atoms with Gasteiger partial charge < -0.3 is 9.67 Å². The number of benzene rings is 1. The zero-order chi connectivity index (χ0) is 7.84. The fourth-order valence-electron chi connectivity index (χ4n) is 1.27. The van der Waals surface area contributed by atoms with Crippen LogP contribution in [0.5, 0.6) is 5.88 Å². The van der Waals surface area contributed by atoms with Crippen LogP contribution in [0.15, 0.2) is 30.3 Å². The number of hydrogen-bond donors (Lipinski definition) is 1. The average Bonchev–Trinajstić information content (AvgIpc) is 2.30. The largest absolute Gasteiger partial charge is 0.494 e. The topological polar surface area (TPSA) is 25.2 Å². The Hall–Kier alpha value is -1.44. The Morgan fingerprint density at radius 2 is 2.00 bits per heavy atom. The van der Waals surface area contributed by atoms with Crippen LogP contribution < -0.4 is 0 Å². The van der Waals surface area contributed by atoms with E-state index < -0.39 is 0 Å². The number of para-hydroxylation sites is 1. The van der Waals surface area contributed by atoms with Crippen molar-refractivity contribution in [1.29, 1.82) is 0 Å². The third kappa shape index (κ3) is 0.792. The van der Waals surface area contributed by atoms with Crippen molar-refractivity contribution in [3.63, 3.8) is 0 Å². The Kier molecular flexibility index (Phi) is 1.15. The lowest BCUT2D eigenvalue weighted by molar-refractivity contribution is 0.435. The molecular weight excluding hydrogens is 138 g/mol. The Bertz CT molecular complexity index is 389. The van der Waals surface area contributed by atoms with Crippen LogP contribution in [0.3, 0.4) is 0 Å². The van der Waals surface area contributed by atoms with E-state index >= 15 is 0 Å². The summed E-state index contributed by atoms with van der Waals surface area (Å²) in [7, 11) is 1.84. The van der Waals surface area contributed by atoms with Crippen molar-refractivity contribution in [1.82, 2.24) is 4.57 Å². The van der Waals surface area contributed by atoms with Crippen molar-refractivity contribution < 1.29 is 5.11 Å². The molecule has 0 saturated heterocycles. The standard InChI is InChI=1S/C9H9NO/c1-10-8-5-3-2-4-7(8)6-9(10)11/h2-6,11H,1H3. The molecule has 0 amide bonds. The van der Waals surface area contributed by atoms with Crippen molar-refractivity contribution in [2.45, 2.75) is 0 Å². The van der Waals surface area contributed by atoms with Crippen LogP contribution in [-0.4, -0.2) is 9.67 Å². The Labute approximate surface area is 64.7 Å². The number of aromatic hydroxyl groups is 1. The lowest BCUT2D eigenvalue weighted by atomic mass is 10.2. The third-order valence-electron chi connectivity index (χ3n) is 1.93. The van der Waals surface area contributed by atoms with Crippen molar-refractivity contribution in [3.05, 3.63) is 30.3 Å². The van der Waals surface area contributed by atoms with Crippen molar-refractivity contribution in [2.24, 2.45) is 7.05 Å². The number of hydrogen-bond acceptors (Lipinski definition) is 1.